The number of rotatable bonds is 5. The molecule has 0 aliphatic carbocycles. The maximum Gasteiger partial charge on any atom is 0.355 e. The number of amides is 1. The highest BCUT2D eigenvalue weighted by Crippen LogP contribution is 2.12. The lowest BCUT2D eigenvalue weighted by Crippen LogP contribution is -2.31. The molecule has 0 unspecified atom stereocenters. The third kappa shape index (κ3) is 4.46. The molecule has 2 N–H and O–H groups in total. The first-order valence-corrected chi connectivity index (χ1v) is 7.21. The van der Waals surface area contributed by atoms with Crippen molar-refractivity contribution in [2.75, 3.05) is 6.61 Å². The van der Waals surface area contributed by atoms with Crippen molar-refractivity contribution in [2.45, 2.75) is 13.0 Å². The smallest absolute Gasteiger partial charge is 0.355 e. The molecule has 0 bridgehead atoms. The monoisotopic (exact) mass is 350 g/mol. The van der Waals surface area contributed by atoms with Crippen molar-refractivity contribution in [1.82, 2.24) is 10.3 Å². The third-order valence-corrected chi connectivity index (χ3v) is 3.34. The summed E-state index contributed by atoms with van der Waals surface area (Å²) in [5.41, 5.74) is 1.29. The second-order valence-corrected chi connectivity index (χ2v) is 5.42. The van der Waals surface area contributed by atoms with Crippen molar-refractivity contribution in [3.05, 3.63) is 58.3 Å². The zero-order valence-corrected chi connectivity index (χ0v) is 13.0. The lowest BCUT2D eigenvalue weighted by Gasteiger charge is -2.14. The van der Waals surface area contributed by atoms with E-state index in [1.54, 1.807) is 12.3 Å². The van der Waals surface area contributed by atoms with Gasteiger partial charge in [0.15, 0.2) is 6.61 Å². The molecule has 1 heterocycles. The number of carbonyl (C=O) groups is 2. The minimum atomic E-state index is -0.566. The first-order valence-electron chi connectivity index (χ1n) is 6.41. The number of hydrogen-bond donors (Lipinski definition) is 2. The van der Waals surface area contributed by atoms with E-state index in [9.17, 15) is 9.59 Å². The fourth-order valence-corrected chi connectivity index (χ4v) is 2.15. The molecule has 2 rings (SSSR count). The average molecular weight is 351 g/mol. The molecule has 0 saturated carbocycles. The van der Waals surface area contributed by atoms with Crippen LogP contribution in [0.1, 0.15) is 29.0 Å². The molecule has 1 aromatic heterocycles. The fraction of sp³-hybridized carbons (Fsp3) is 0.200. The highest BCUT2D eigenvalue weighted by atomic mass is 79.9. The van der Waals surface area contributed by atoms with Crippen molar-refractivity contribution >= 4 is 27.8 Å². The van der Waals surface area contributed by atoms with Crippen LogP contribution >= 0.6 is 15.9 Å². The Bertz CT molecular complexity index is 625. The summed E-state index contributed by atoms with van der Waals surface area (Å²) in [5, 5.41) is 2.77. The summed E-state index contributed by atoms with van der Waals surface area (Å²) in [6.45, 7) is 1.56. The van der Waals surface area contributed by atoms with Crippen molar-refractivity contribution < 1.29 is 14.3 Å². The number of ether oxygens (including phenoxy) is 1. The molecular weight excluding hydrogens is 336 g/mol. The number of nitrogens with one attached hydrogen (secondary N) is 2. The maximum atomic E-state index is 11.8. The van der Waals surface area contributed by atoms with Gasteiger partial charge in [-0.1, -0.05) is 30.3 Å². The van der Waals surface area contributed by atoms with Gasteiger partial charge in [0.2, 0.25) is 0 Å². The summed E-state index contributed by atoms with van der Waals surface area (Å²) < 4.78 is 5.68. The van der Waals surface area contributed by atoms with Crippen LogP contribution < -0.4 is 5.32 Å². The SMILES string of the molecule is C[C@@H](NC(=O)COC(=O)c1cc(Br)c[nH]1)c1ccccc1. The quantitative estimate of drug-likeness (QED) is 0.814. The van der Waals surface area contributed by atoms with Gasteiger partial charge in [0, 0.05) is 10.7 Å². The van der Waals surface area contributed by atoms with Gasteiger partial charge in [-0.05, 0) is 34.5 Å². The first-order chi connectivity index (χ1) is 10.1. The number of halogens is 1. The molecule has 0 saturated heterocycles. The molecule has 0 aliphatic heterocycles. The minimum absolute atomic E-state index is 0.142. The van der Waals surface area contributed by atoms with Crippen LogP contribution in [0.2, 0.25) is 0 Å². The van der Waals surface area contributed by atoms with Gasteiger partial charge in [0.05, 0.1) is 6.04 Å². The van der Waals surface area contributed by atoms with Crippen molar-refractivity contribution in [3.8, 4) is 0 Å². The summed E-state index contributed by atoms with van der Waals surface area (Å²) in [4.78, 5) is 26.2. The number of carbonyl (C=O) groups excluding carboxylic acids is 2. The molecule has 0 spiro atoms. The molecular formula is C15H15BrN2O3. The molecule has 1 aromatic carbocycles. The second kappa shape index (κ2) is 7.08. The van der Waals surface area contributed by atoms with Crippen LogP contribution in [0.25, 0.3) is 0 Å². The molecule has 0 aliphatic rings. The largest absolute Gasteiger partial charge is 0.451 e. The normalized spacial score (nSPS) is 11.7. The average Bonchev–Trinajstić information content (AvgIpc) is 2.92. The van der Waals surface area contributed by atoms with E-state index < -0.39 is 5.97 Å². The third-order valence-electron chi connectivity index (χ3n) is 2.88. The lowest BCUT2D eigenvalue weighted by molar-refractivity contribution is -0.124. The number of H-pyrrole nitrogens is 1. The fourth-order valence-electron chi connectivity index (χ4n) is 1.80. The zero-order chi connectivity index (χ0) is 15.2. The maximum absolute atomic E-state index is 11.8. The van der Waals surface area contributed by atoms with Crippen LogP contribution in [-0.4, -0.2) is 23.5 Å². The number of benzene rings is 1. The van der Waals surface area contributed by atoms with E-state index >= 15 is 0 Å². The van der Waals surface area contributed by atoms with E-state index in [1.807, 2.05) is 37.3 Å². The number of esters is 1. The van der Waals surface area contributed by atoms with Gasteiger partial charge in [-0.3, -0.25) is 4.79 Å². The zero-order valence-electron chi connectivity index (χ0n) is 11.4. The Balaban J connectivity index is 1.81. The van der Waals surface area contributed by atoms with E-state index in [2.05, 4.69) is 26.2 Å². The Labute approximate surface area is 130 Å². The summed E-state index contributed by atoms with van der Waals surface area (Å²) in [6.07, 6.45) is 1.62. The standard InChI is InChI=1S/C15H15BrN2O3/c1-10(11-5-3-2-4-6-11)18-14(19)9-21-15(20)13-7-12(16)8-17-13/h2-8,10,17H,9H2,1H3,(H,18,19)/t10-/m1/s1. The van der Waals surface area contributed by atoms with Gasteiger partial charge in [-0.25, -0.2) is 4.79 Å². The predicted molar refractivity (Wildman–Crippen MR) is 81.8 cm³/mol. The summed E-state index contributed by atoms with van der Waals surface area (Å²) >= 11 is 3.22. The molecule has 1 atom stereocenters. The van der Waals surface area contributed by atoms with Crippen LogP contribution in [0.5, 0.6) is 0 Å². The predicted octanol–water partition coefficient (Wildman–Crippen LogP) is 2.81. The van der Waals surface area contributed by atoms with Crippen molar-refractivity contribution in [2.24, 2.45) is 0 Å². The van der Waals surface area contributed by atoms with E-state index in [1.165, 1.54) is 0 Å². The Morgan fingerprint density at radius 2 is 2.05 bits per heavy atom. The molecule has 2 aromatic rings. The number of aromatic amines is 1. The first kappa shape index (κ1) is 15.3. The molecule has 1 amide bonds. The van der Waals surface area contributed by atoms with Gasteiger partial charge in [-0.2, -0.15) is 0 Å². The van der Waals surface area contributed by atoms with E-state index in [0.717, 1.165) is 10.0 Å². The van der Waals surface area contributed by atoms with Gasteiger partial charge < -0.3 is 15.0 Å². The van der Waals surface area contributed by atoms with Crippen molar-refractivity contribution in [3.63, 3.8) is 0 Å². The van der Waals surface area contributed by atoms with Gasteiger partial charge >= 0.3 is 5.97 Å². The Hall–Kier alpha value is -2.08. The minimum Gasteiger partial charge on any atom is -0.451 e. The highest BCUT2D eigenvalue weighted by Gasteiger charge is 2.14. The number of aromatic nitrogens is 1. The van der Waals surface area contributed by atoms with E-state index in [0.29, 0.717) is 5.69 Å². The Morgan fingerprint density at radius 3 is 2.67 bits per heavy atom. The summed E-state index contributed by atoms with van der Waals surface area (Å²) in [5.74, 6) is -0.909. The molecule has 21 heavy (non-hydrogen) atoms. The van der Waals surface area contributed by atoms with Crippen LogP contribution in [-0.2, 0) is 9.53 Å². The van der Waals surface area contributed by atoms with Gasteiger partial charge in [0.1, 0.15) is 5.69 Å². The number of hydrogen-bond acceptors (Lipinski definition) is 3. The van der Waals surface area contributed by atoms with E-state index in [4.69, 9.17) is 4.74 Å². The Kier molecular flexibility index (Phi) is 5.16. The van der Waals surface area contributed by atoms with Crippen LogP contribution in [0.4, 0.5) is 0 Å². The van der Waals surface area contributed by atoms with Gasteiger partial charge in [0.25, 0.3) is 5.91 Å². The second-order valence-electron chi connectivity index (χ2n) is 4.51. The lowest BCUT2D eigenvalue weighted by atomic mass is 10.1. The summed E-state index contributed by atoms with van der Waals surface area (Å²) in [6, 6.07) is 11.0. The molecule has 110 valence electrons. The van der Waals surface area contributed by atoms with Gasteiger partial charge in [-0.15, -0.1) is 0 Å². The van der Waals surface area contributed by atoms with Crippen LogP contribution in [0, 0.1) is 0 Å². The molecule has 6 heteroatoms. The van der Waals surface area contributed by atoms with Crippen LogP contribution in [0.3, 0.4) is 0 Å². The summed E-state index contributed by atoms with van der Waals surface area (Å²) in [7, 11) is 0. The topological polar surface area (TPSA) is 71.2 Å². The van der Waals surface area contributed by atoms with E-state index in [-0.39, 0.29) is 18.6 Å². The molecule has 0 fully saturated rings. The highest BCUT2D eigenvalue weighted by molar-refractivity contribution is 9.10. The Morgan fingerprint density at radius 1 is 1.33 bits per heavy atom. The van der Waals surface area contributed by atoms with Crippen LogP contribution in [0.15, 0.2) is 47.1 Å². The van der Waals surface area contributed by atoms with Crippen molar-refractivity contribution in [1.29, 1.82) is 0 Å². The molecule has 0 radical (unpaired) electrons. The molecule has 5 nitrogen and oxygen atoms in total.